The number of hydrogen-bond acceptors (Lipinski definition) is 7. The Morgan fingerprint density at radius 2 is 1.82 bits per heavy atom. The van der Waals surface area contributed by atoms with Crippen LogP contribution < -0.4 is 14.2 Å². The zero-order valence-corrected chi connectivity index (χ0v) is 22.7. The highest BCUT2D eigenvalue weighted by Crippen LogP contribution is 2.41. The number of rotatable bonds is 11. The molecule has 1 amide bonds. The lowest BCUT2D eigenvalue weighted by molar-refractivity contribution is -0.140. The lowest BCUT2D eigenvalue weighted by atomic mass is 9.95. The number of ketones is 1. The second kappa shape index (κ2) is 12.3. The maximum Gasteiger partial charge on any atom is 0.295 e. The van der Waals surface area contributed by atoms with Gasteiger partial charge in [0, 0.05) is 18.7 Å². The molecule has 8 heteroatoms. The van der Waals surface area contributed by atoms with Crippen molar-refractivity contribution in [2.45, 2.75) is 40.2 Å². The molecule has 1 atom stereocenters. The quantitative estimate of drug-likeness (QED) is 0.261. The Hall–Kier alpha value is -3.52. The van der Waals surface area contributed by atoms with Crippen LogP contribution in [-0.2, 0) is 9.59 Å². The first-order chi connectivity index (χ1) is 18.3. The van der Waals surface area contributed by atoms with Crippen molar-refractivity contribution in [2.24, 2.45) is 5.92 Å². The van der Waals surface area contributed by atoms with E-state index in [0.717, 1.165) is 19.5 Å². The van der Waals surface area contributed by atoms with Gasteiger partial charge in [0.2, 0.25) is 0 Å². The van der Waals surface area contributed by atoms with Crippen molar-refractivity contribution >= 4 is 17.4 Å². The lowest BCUT2D eigenvalue weighted by Crippen LogP contribution is -2.38. The van der Waals surface area contributed by atoms with Crippen LogP contribution in [0.5, 0.6) is 17.2 Å². The number of likely N-dealkylation sites (N-methyl/N-ethyl adjacent to an activating group) is 1. The third kappa shape index (κ3) is 5.96. The number of Topliss-reactive ketones (excluding diaryl/α,β-unsaturated/α-hetero) is 1. The van der Waals surface area contributed by atoms with Crippen LogP contribution in [0.4, 0.5) is 0 Å². The molecule has 0 unspecified atom stereocenters. The van der Waals surface area contributed by atoms with Crippen molar-refractivity contribution in [1.82, 2.24) is 9.80 Å². The molecule has 0 bridgehead atoms. The molecule has 1 N–H and O–H groups in total. The number of benzene rings is 2. The normalized spacial score (nSPS) is 18.5. The molecule has 1 saturated heterocycles. The summed E-state index contributed by atoms with van der Waals surface area (Å²) in [5.74, 6) is 0.693. The number of aliphatic hydroxyl groups is 1. The highest BCUT2D eigenvalue weighted by molar-refractivity contribution is 6.46. The molecule has 0 spiro atoms. The summed E-state index contributed by atoms with van der Waals surface area (Å²) >= 11 is 0. The molecule has 0 aliphatic carbocycles. The number of aliphatic hydroxyl groups excluding tert-OH is 1. The topological polar surface area (TPSA) is 88.5 Å². The molecule has 2 aliphatic rings. The lowest BCUT2D eigenvalue weighted by Gasteiger charge is -2.28. The first-order valence-electron chi connectivity index (χ1n) is 13.5. The molecule has 2 aliphatic heterocycles. The van der Waals surface area contributed by atoms with Crippen LogP contribution in [0.25, 0.3) is 5.76 Å². The summed E-state index contributed by atoms with van der Waals surface area (Å²) in [5, 5.41) is 11.4. The molecule has 204 valence electrons. The van der Waals surface area contributed by atoms with Gasteiger partial charge in [-0.1, -0.05) is 39.8 Å². The summed E-state index contributed by atoms with van der Waals surface area (Å²) in [7, 11) is 0. The number of nitrogens with zero attached hydrogens (tertiary/aromatic N) is 2. The van der Waals surface area contributed by atoms with Gasteiger partial charge >= 0.3 is 0 Å². The zero-order chi connectivity index (χ0) is 27.2. The average Bonchev–Trinajstić information content (AvgIpc) is 3.18. The Bertz CT molecular complexity index is 1190. The molecule has 8 nitrogen and oxygen atoms in total. The number of carbonyl (C=O) groups excluding carboxylic acids is 2. The van der Waals surface area contributed by atoms with Crippen LogP contribution in [0.1, 0.15) is 51.3 Å². The molecule has 2 aromatic carbocycles. The molecule has 1 fully saturated rings. The fourth-order valence-electron chi connectivity index (χ4n) is 4.78. The van der Waals surface area contributed by atoms with Crippen LogP contribution in [0, 0.1) is 5.92 Å². The Morgan fingerprint density at radius 1 is 1.08 bits per heavy atom. The fourth-order valence-corrected chi connectivity index (χ4v) is 4.78. The minimum absolute atomic E-state index is 0.0607. The minimum Gasteiger partial charge on any atom is -0.507 e. The Morgan fingerprint density at radius 3 is 2.53 bits per heavy atom. The van der Waals surface area contributed by atoms with Crippen molar-refractivity contribution < 1.29 is 28.9 Å². The van der Waals surface area contributed by atoms with Crippen molar-refractivity contribution in [1.29, 1.82) is 0 Å². The predicted octanol–water partition coefficient (Wildman–Crippen LogP) is 4.65. The maximum absolute atomic E-state index is 13.4. The van der Waals surface area contributed by atoms with Crippen LogP contribution in [0.3, 0.4) is 0 Å². The molecule has 38 heavy (non-hydrogen) atoms. The first-order valence-corrected chi connectivity index (χ1v) is 13.5. The average molecular weight is 523 g/mol. The predicted molar refractivity (Wildman–Crippen MR) is 146 cm³/mol. The number of amides is 1. The molecule has 2 heterocycles. The summed E-state index contributed by atoms with van der Waals surface area (Å²) < 4.78 is 17.2. The molecule has 2 aromatic rings. The van der Waals surface area contributed by atoms with Crippen molar-refractivity contribution in [3.63, 3.8) is 0 Å². The van der Waals surface area contributed by atoms with Gasteiger partial charge in [-0.25, -0.2) is 0 Å². The van der Waals surface area contributed by atoms with Gasteiger partial charge < -0.3 is 29.1 Å². The maximum atomic E-state index is 13.4. The summed E-state index contributed by atoms with van der Waals surface area (Å²) in [5.41, 5.74) is 1.17. The molecule has 0 radical (unpaired) electrons. The van der Waals surface area contributed by atoms with E-state index in [1.807, 2.05) is 24.3 Å². The highest BCUT2D eigenvalue weighted by Gasteiger charge is 2.46. The van der Waals surface area contributed by atoms with Crippen LogP contribution >= 0.6 is 0 Å². The highest BCUT2D eigenvalue weighted by atomic mass is 16.6. The van der Waals surface area contributed by atoms with Crippen LogP contribution in [0.15, 0.2) is 48.0 Å². The van der Waals surface area contributed by atoms with E-state index < -0.39 is 17.7 Å². The van der Waals surface area contributed by atoms with Gasteiger partial charge in [0.25, 0.3) is 11.7 Å². The van der Waals surface area contributed by atoms with Gasteiger partial charge in [0.15, 0.2) is 11.5 Å². The van der Waals surface area contributed by atoms with E-state index in [4.69, 9.17) is 14.2 Å². The van der Waals surface area contributed by atoms with E-state index in [9.17, 15) is 14.7 Å². The van der Waals surface area contributed by atoms with Gasteiger partial charge in [-0.05, 0) is 61.3 Å². The van der Waals surface area contributed by atoms with E-state index >= 15 is 0 Å². The second-order valence-corrected chi connectivity index (χ2v) is 9.98. The van der Waals surface area contributed by atoms with Crippen molar-refractivity contribution in [3.05, 3.63) is 59.2 Å². The number of carbonyl (C=O) groups is 2. The van der Waals surface area contributed by atoms with Crippen molar-refractivity contribution in [3.8, 4) is 17.2 Å². The first kappa shape index (κ1) is 27.5. The number of ether oxygens (including phenoxy) is 3. The minimum atomic E-state index is -0.743. The molecule has 0 saturated carbocycles. The van der Waals surface area contributed by atoms with E-state index in [1.54, 1.807) is 23.1 Å². The second-order valence-electron chi connectivity index (χ2n) is 9.98. The zero-order valence-electron chi connectivity index (χ0n) is 22.7. The van der Waals surface area contributed by atoms with E-state index in [-0.39, 0.29) is 11.3 Å². The van der Waals surface area contributed by atoms with Crippen LogP contribution in [0.2, 0.25) is 0 Å². The summed E-state index contributed by atoms with van der Waals surface area (Å²) in [6, 6.07) is 11.7. The Balaban J connectivity index is 1.75. The van der Waals surface area contributed by atoms with Crippen molar-refractivity contribution in [2.75, 3.05) is 46.0 Å². The Kier molecular flexibility index (Phi) is 8.94. The van der Waals surface area contributed by atoms with E-state index in [2.05, 4.69) is 32.6 Å². The number of hydrogen-bond donors (Lipinski definition) is 1. The largest absolute Gasteiger partial charge is 0.507 e. The standard InChI is InChI=1S/C30H38N2O6/c1-5-31(6-2)13-14-32-27(21-8-7-9-23(18-21)36-15-12-20(3)4)26(29(34)30(32)35)28(33)22-10-11-24-25(19-22)38-17-16-37-24/h7-11,18-20,27,33H,5-6,12-17H2,1-4H3/b28-26+/t27-/m1/s1. The van der Waals surface area contributed by atoms with Gasteiger partial charge in [-0.15, -0.1) is 0 Å². The van der Waals surface area contributed by atoms with E-state index in [0.29, 0.717) is 67.2 Å². The molecular formula is C30H38N2O6. The molecular weight excluding hydrogens is 484 g/mol. The van der Waals surface area contributed by atoms with Gasteiger partial charge in [-0.3, -0.25) is 9.59 Å². The molecule has 0 aromatic heterocycles. The monoisotopic (exact) mass is 522 g/mol. The van der Waals surface area contributed by atoms with Crippen LogP contribution in [-0.4, -0.2) is 72.6 Å². The van der Waals surface area contributed by atoms with Gasteiger partial charge in [-0.2, -0.15) is 0 Å². The summed E-state index contributed by atoms with van der Waals surface area (Å²) in [6.07, 6.45) is 0.913. The third-order valence-electron chi connectivity index (χ3n) is 7.04. The fraction of sp³-hybridized carbons (Fsp3) is 0.467. The number of fused-ring (bicyclic) bond motifs is 1. The van der Waals surface area contributed by atoms with Gasteiger partial charge in [0.05, 0.1) is 18.2 Å². The van der Waals surface area contributed by atoms with Gasteiger partial charge in [0.1, 0.15) is 24.7 Å². The molecule has 4 rings (SSSR count). The Labute approximate surface area is 224 Å². The summed E-state index contributed by atoms with van der Waals surface area (Å²) in [6.45, 7) is 12.5. The third-order valence-corrected chi connectivity index (χ3v) is 7.04. The van der Waals surface area contributed by atoms with E-state index in [1.165, 1.54) is 0 Å². The number of likely N-dealkylation sites (tertiary alicyclic amines) is 1. The SMILES string of the molecule is CCN(CC)CCN1C(=O)C(=O)/C(=C(/O)c2ccc3c(c2)OCCO3)[C@H]1c1cccc(OCCC(C)C)c1. The smallest absolute Gasteiger partial charge is 0.295 e. The summed E-state index contributed by atoms with van der Waals surface area (Å²) in [4.78, 5) is 30.5.